The molecule has 94 valence electrons. The van der Waals surface area contributed by atoms with Crippen LogP contribution in [0.15, 0.2) is 6.33 Å². The molecule has 1 saturated carbocycles. The summed E-state index contributed by atoms with van der Waals surface area (Å²) >= 11 is 5.68. The Morgan fingerprint density at radius 2 is 1.76 bits per heavy atom. The van der Waals surface area contributed by atoms with E-state index in [4.69, 9.17) is 11.6 Å². The molecule has 2 rings (SSSR count). The van der Waals surface area contributed by atoms with Crippen LogP contribution < -0.4 is 10.9 Å². The van der Waals surface area contributed by atoms with Crippen molar-refractivity contribution in [2.24, 2.45) is 0 Å². The molecule has 1 heterocycles. The lowest BCUT2D eigenvalue weighted by Gasteiger charge is -2.21. The maximum Gasteiger partial charge on any atom is 0.241 e. The summed E-state index contributed by atoms with van der Waals surface area (Å²) < 4.78 is 0. The van der Waals surface area contributed by atoms with E-state index in [1.807, 2.05) is 0 Å². The summed E-state index contributed by atoms with van der Waals surface area (Å²) in [5.41, 5.74) is 6.28. The molecule has 5 nitrogen and oxygen atoms in total. The first-order chi connectivity index (χ1) is 8.34. The van der Waals surface area contributed by atoms with Crippen LogP contribution >= 0.6 is 11.6 Å². The maximum atomic E-state index is 5.68. The zero-order chi connectivity index (χ0) is 11.9. The predicted octanol–water partition coefficient (Wildman–Crippen LogP) is 2.55. The van der Waals surface area contributed by atoms with Gasteiger partial charge in [-0.25, -0.2) is 15.4 Å². The van der Waals surface area contributed by atoms with Crippen molar-refractivity contribution in [3.8, 4) is 0 Å². The predicted molar refractivity (Wildman–Crippen MR) is 67.7 cm³/mol. The van der Waals surface area contributed by atoms with Crippen molar-refractivity contribution in [3.05, 3.63) is 11.6 Å². The summed E-state index contributed by atoms with van der Waals surface area (Å²) in [4.78, 5) is 11.7. The van der Waals surface area contributed by atoms with E-state index in [1.165, 1.54) is 51.3 Å². The molecule has 0 aromatic carbocycles. The molecule has 0 radical (unpaired) electrons. The average molecular weight is 256 g/mol. The number of aromatic nitrogens is 3. The third-order valence-corrected chi connectivity index (χ3v) is 3.22. The second-order valence-electron chi connectivity index (χ2n) is 4.39. The van der Waals surface area contributed by atoms with Crippen LogP contribution in [0.3, 0.4) is 0 Å². The first-order valence-corrected chi connectivity index (χ1v) is 6.58. The molecule has 0 saturated heterocycles. The molecule has 0 unspecified atom stereocenters. The van der Waals surface area contributed by atoms with Gasteiger partial charge >= 0.3 is 0 Å². The van der Waals surface area contributed by atoms with E-state index in [0.717, 1.165) is 0 Å². The summed E-state index contributed by atoms with van der Waals surface area (Å²) in [5.74, 6) is 0.479. The SMILES string of the molecule is Clc1ncnc(NNC2CCCCCCC2)n1. The number of hydrazine groups is 1. The Labute approximate surface area is 106 Å². The highest BCUT2D eigenvalue weighted by molar-refractivity contribution is 6.28. The van der Waals surface area contributed by atoms with Crippen molar-refractivity contribution in [1.29, 1.82) is 0 Å². The van der Waals surface area contributed by atoms with Gasteiger partial charge in [-0.15, -0.1) is 0 Å². The van der Waals surface area contributed by atoms with E-state index in [1.54, 1.807) is 0 Å². The molecule has 1 fully saturated rings. The molecule has 1 aliphatic rings. The standard InChI is InChI=1S/C11H18ClN5/c12-10-13-8-14-11(15-10)17-16-9-6-4-2-1-3-5-7-9/h8-9,16H,1-7H2,(H,13,14,15,17). The summed E-state index contributed by atoms with van der Waals surface area (Å²) in [7, 11) is 0. The van der Waals surface area contributed by atoms with E-state index in [2.05, 4.69) is 25.8 Å². The molecule has 6 heteroatoms. The highest BCUT2D eigenvalue weighted by Crippen LogP contribution is 2.17. The quantitative estimate of drug-likeness (QED) is 0.813. The van der Waals surface area contributed by atoms with Crippen LogP contribution in [0.2, 0.25) is 5.28 Å². The van der Waals surface area contributed by atoms with E-state index < -0.39 is 0 Å². The molecule has 0 bridgehead atoms. The van der Waals surface area contributed by atoms with Crippen LogP contribution in [-0.4, -0.2) is 21.0 Å². The minimum absolute atomic E-state index is 0.210. The molecule has 0 amide bonds. The molecule has 17 heavy (non-hydrogen) atoms. The van der Waals surface area contributed by atoms with Gasteiger partial charge in [-0.3, -0.25) is 5.43 Å². The number of nitrogens with zero attached hydrogens (tertiary/aromatic N) is 3. The van der Waals surface area contributed by atoms with Gasteiger partial charge in [0.2, 0.25) is 11.2 Å². The van der Waals surface area contributed by atoms with E-state index in [0.29, 0.717) is 12.0 Å². The van der Waals surface area contributed by atoms with Gasteiger partial charge in [0.25, 0.3) is 0 Å². The molecular weight excluding hydrogens is 238 g/mol. The Morgan fingerprint density at radius 1 is 1.06 bits per heavy atom. The lowest BCUT2D eigenvalue weighted by atomic mass is 9.97. The lowest BCUT2D eigenvalue weighted by molar-refractivity contribution is 0.408. The van der Waals surface area contributed by atoms with Gasteiger partial charge < -0.3 is 0 Å². The van der Waals surface area contributed by atoms with Crippen LogP contribution in [0.1, 0.15) is 44.9 Å². The summed E-state index contributed by atoms with van der Waals surface area (Å²) in [5, 5.41) is 0.210. The highest BCUT2D eigenvalue weighted by Gasteiger charge is 2.10. The maximum absolute atomic E-state index is 5.68. The first kappa shape index (κ1) is 12.5. The Bertz CT molecular complexity index is 338. The number of hydrogen-bond acceptors (Lipinski definition) is 5. The van der Waals surface area contributed by atoms with Crippen molar-refractivity contribution in [2.75, 3.05) is 5.43 Å². The largest absolute Gasteiger partial charge is 0.289 e. The van der Waals surface area contributed by atoms with E-state index >= 15 is 0 Å². The van der Waals surface area contributed by atoms with Crippen LogP contribution in [-0.2, 0) is 0 Å². The third kappa shape index (κ3) is 4.44. The fourth-order valence-electron chi connectivity index (χ4n) is 2.10. The first-order valence-electron chi connectivity index (χ1n) is 6.20. The Kier molecular flexibility index (Phi) is 4.94. The van der Waals surface area contributed by atoms with Crippen LogP contribution in [0.5, 0.6) is 0 Å². The molecule has 0 spiro atoms. The molecule has 1 aliphatic carbocycles. The smallest absolute Gasteiger partial charge is 0.241 e. The number of rotatable bonds is 3. The van der Waals surface area contributed by atoms with Gasteiger partial charge in [0.15, 0.2) is 0 Å². The van der Waals surface area contributed by atoms with Crippen LogP contribution in [0.25, 0.3) is 0 Å². The van der Waals surface area contributed by atoms with Crippen LogP contribution in [0, 0.1) is 0 Å². The number of hydrogen-bond donors (Lipinski definition) is 2. The number of halogens is 1. The third-order valence-electron chi connectivity index (χ3n) is 3.04. The minimum Gasteiger partial charge on any atom is -0.289 e. The summed E-state index contributed by atoms with van der Waals surface area (Å²) in [6.45, 7) is 0. The van der Waals surface area contributed by atoms with Gasteiger partial charge in [0.1, 0.15) is 6.33 Å². The van der Waals surface area contributed by atoms with E-state index in [9.17, 15) is 0 Å². The molecule has 1 aromatic heterocycles. The van der Waals surface area contributed by atoms with Crippen molar-refractivity contribution in [1.82, 2.24) is 20.4 Å². The average Bonchev–Trinajstić information content (AvgIpc) is 2.27. The van der Waals surface area contributed by atoms with Gasteiger partial charge in [-0.05, 0) is 24.4 Å². The number of anilines is 1. The molecule has 1 aromatic rings. The van der Waals surface area contributed by atoms with Crippen molar-refractivity contribution < 1.29 is 0 Å². The van der Waals surface area contributed by atoms with Crippen molar-refractivity contribution in [3.63, 3.8) is 0 Å². The van der Waals surface area contributed by atoms with E-state index in [-0.39, 0.29) is 5.28 Å². The summed E-state index contributed by atoms with van der Waals surface area (Å²) in [6, 6.07) is 0.492. The zero-order valence-corrected chi connectivity index (χ0v) is 10.6. The highest BCUT2D eigenvalue weighted by atomic mass is 35.5. The Morgan fingerprint density at radius 3 is 2.47 bits per heavy atom. The fourth-order valence-corrected chi connectivity index (χ4v) is 2.23. The van der Waals surface area contributed by atoms with Crippen molar-refractivity contribution >= 4 is 17.5 Å². The molecule has 0 aliphatic heterocycles. The minimum atomic E-state index is 0.210. The lowest BCUT2D eigenvalue weighted by Crippen LogP contribution is -2.35. The topological polar surface area (TPSA) is 62.7 Å². The zero-order valence-electron chi connectivity index (χ0n) is 9.82. The Hall–Kier alpha value is -0.940. The summed E-state index contributed by atoms with van der Waals surface area (Å²) in [6.07, 6.45) is 10.4. The van der Waals surface area contributed by atoms with Gasteiger partial charge in [0.05, 0.1) is 0 Å². The Balaban J connectivity index is 1.79. The normalized spacial score (nSPS) is 18.4. The van der Waals surface area contributed by atoms with Crippen LogP contribution in [0.4, 0.5) is 5.95 Å². The van der Waals surface area contributed by atoms with Gasteiger partial charge in [-0.1, -0.05) is 32.1 Å². The van der Waals surface area contributed by atoms with Gasteiger partial charge in [-0.2, -0.15) is 4.98 Å². The molecule has 0 atom stereocenters. The second kappa shape index (κ2) is 6.71. The monoisotopic (exact) mass is 255 g/mol. The van der Waals surface area contributed by atoms with Crippen molar-refractivity contribution in [2.45, 2.75) is 51.0 Å². The molecule has 2 N–H and O–H groups in total. The van der Waals surface area contributed by atoms with Gasteiger partial charge in [0, 0.05) is 6.04 Å². The molecular formula is C11H18ClN5. The fraction of sp³-hybridized carbons (Fsp3) is 0.727. The second-order valence-corrected chi connectivity index (χ2v) is 4.73. The number of nitrogens with one attached hydrogen (secondary N) is 2.